The van der Waals surface area contributed by atoms with Crippen LogP contribution in [0, 0.1) is 0 Å². The Morgan fingerprint density at radius 1 is 1.53 bits per heavy atom. The molecule has 1 rings (SSSR count). The molecule has 0 aliphatic rings. The topological polar surface area (TPSA) is 34.1 Å². The third-order valence-electron chi connectivity index (χ3n) is 1.78. The number of alkyl halides is 1. The minimum atomic E-state index is -0.360. The lowest BCUT2D eigenvalue weighted by Gasteiger charge is -2.12. The first kappa shape index (κ1) is 11.9. The first-order valence-corrected chi connectivity index (χ1v) is 5.11. The van der Waals surface area contributed by atoms with Gasteiger partial charge in [-0.1, -0.05) is 6.07 Å². The fraction of sp³-hybridized carbons (Fsp3) is 0.545. The third-order valence-corrected chi connectivity index (χ3v) is 1.78. The zero-order valence-corrected chi connectivity index (χ0v) is 9.16. The molecule has 3 nitrogen and oxygen atoms in total. The number of hydrogen-bond acceptors (Lipinski definition) is 3. The van der Waals surface area contributed by atoms with Crippen LogP contribution in [0.5, 0.6) is 5.88 Å². The Kier molecular flexibility index (Phi) is 5.04. The molecular formula is C11H17FN2O. The molecule has 0 atom stereocenters. The summed E-state index contributed by atoms with van der Waals surface area (Å²) in [5.74, 6) is 0.624. The summed E-state index contributed by atoms with van der Waals surface area (Å²) in [6.07, 6.45) is 1.79. The summed E-state index contributed by atoms with van der Waals surface area (Å²) >= 11 is 0. The summed E-state index contributed by atoms with van der Waals surface area (Å²) in [4.78, 5) is 4.14. The van der Waals surface area contributed by atoms with Gasteiger partial charge in [0, 0.05) is 24.8 Å². The van der Waals surface area contributed by atoms with Crippen LogP contribution in [0.4, 0.5) is 4.39 Å². The molecule has 0 fully saturated rings. The van der Waals surface area contributed by atoms with E-state index in [2.05, 4.69) is 10.3 Å². The zero-order valence-electron chi connectivity index (χ0n) is 9.16. The predicted molar refractivity (Wildman–Crippen MR) is 57.7 cm³/mol. The standard InChI is InChI=1S/C11H17FN2O/c1-9(2)15-11-10(4-3-6-14-11)8-13-7-5-12/h3-4,6,9,13H,5,7-8H2,1-2H3. The molecule has 1 aromatic rings. The maximum absolute atomic E-state index is 11.9. The van der Waals surface area contributed by atoms with Gasteiger partial charge >= 0.3 is 0 Å². The summed E-state index contributed by atoms with van der Waals surface area (Å²) in [6, 6.07) is 3.77. The lowest BCUT2D eigenvalue weighted by atomic mass is 10.2. The molecule has 0 saturated carbocycles. The van der Waals surface area contributed by atoms with Gasteiger partial charge in [-0.25, -0.2) is 9.37 Å². The summed E-state index contributed by atoms with van der Waals surface area (Å²) in [7, 11) is 0. The molecule has 0 unspecified atom stereocenters. The molecule has 1 N–H and O–H groups in total. The SMILES string of the molecule is CC(C)Oc1ncccc1CNCCF. The minimum absolute atomic E-state index is 0.0971. The van der Waals surface area contributed by atoms with Gasteiger partial charge in [-0.05, 0) is 19.9 Å². The van der Waals surface area contributed by atoms with Crippen LogP contribution in [0.15, 0.2) is 18.3 Å². The maximum atomic E-state index is 11.9. The highest BCUT2D eigenvalue weighted by Gasteiger charge is 2.05. The zero-order chi connectivity index (χ0) is 11.1. The van der Waals surface area contributed by atoms with E-state index in [9.17, 15) is 4.39 Å². The van der Waals surface area contributed by atoms with Gasteiger partial charge in [0.1, 0.15) is 6.67 Å². The lowest BCUT2D eigenvalue weighted by Crippen LogP contribution is -2.18. The highest BCUT2D eigenvalue weighted by molar-refractivity contribution is 5.25. The molecule has 0 bridgehead atoms. The van der Waals surface area contributed by atoms with Crippen LogP contribution >= 0.6 is 0 Å². The van der Waals surface area contributed by atoms with E-state index < -0.39 is 0 Å². The Bertz CT molecular complexity index is 292. The van der Waals surface area contributed by atoms with Crippen molar-refractivity contribution in [1.29, 1.82) is 0 Å². The molecule has 0 radical (unpaired) electrons. The second-order valence-corrected chi connectivity index (χ2v) is 3.50. The number of pyridine rings is 1. The van der Waals surface area contributed by atoms with Crippen molar-refractivity contribution in [2.24, 2.45) is 0 Å². The van der Waals surface area contributed by atoms with Crippen LogP contribution in [0.3, 0.4) is 0 Å². The van der Waals surface area contributed by atoms with Gasteiger partial charge in [0.05, 0.1) is 6.10 Å². The molecule has 4 heteroatoms. The van der Waals surface area contributed by atoms with Crippen molar-refractivity contribution in [3.63, 3.8) is 0 Å². The third kappa shape index (κ3) is 4.25. The number of aromatic nitrogens is 1. The van der Waals surface area contributed by atoms with Crippen LogP contribution < -0.4 is 10.1 Å². The van der Waals surface area contributed by atoms with Crippen molar-refractivity contribution >= 4 is 0 Å². The van der Waals surface area contributed by atoms with Crippen molar-refractivity contribution in [3.8, 4) is 5.88 Å². The van der Waals surface area contributed by atoms with E-state index >= 15 is 0 Å². The van der Waals surface area contributed by atoms with Crippen LogP contribution in [-0.4, -0.2) is 24.3 Å². The van der Waals surface area contributed by atoms with Crippen molar-refractivity contribution in [3.05, 3.63) is 23.9 Å². The van der Waals surface area contributed by atoms with E-state index in [1.807, 2.05) is 26.0 Å². The van der Waals surface area contributed by atoms with Crippen molar-refractivity contribution in [2.75, 3.05) is 13.2 Å². The summed E-state index contributed by atoms with van der Waals surface area (Å²) < 4.78 is 17.4. The van der Waals surface area contributed by atoms with E-state index in [0.717, 1.165) is 5.56 Å². The fourth-order valence-electron chi connectivity index (χ4n) is 1.18. The van der Waals surface area contributed by atoms with Gasteiger partial charge in [-0.2, -0.15) is 0 Å². The van der Waals surface area contributed by atoms with E-state index in [1.165, 1.54) is 0 Å². The lowest BCUT2D eigenvalue weighted by molar-refractivity contribution is 0.229. The number of hydrogen-bond donors (Lipinski definition) is 1. The quantitative estimate of drug-likeness (QED) is 0.732. The number of nitrogens with zero attached hydrogens (tertiary/aromatic N) is 1. The Morgan fingerprint density at radius 3 is 3.00 bits per heavy atom. The van der Waals surface area contributed by atoms with Gasteiger partial charge in [0.2, 0.25) is 5.88 Å². The average Bonchev–Trinajstić information content (AvgIpc) is 2.20. The normalized spacial score (nSPS) is 10.7. The van der Waals surface area contributed by atoms with Crippen LogP contribution in [0.1, 0.15) is 19.4 Å². The Labute approximate surface area is 89.7 Å². The smallest absolute Gasteiger partial charge is 0.218 e. The monoisotopic (exact) mass is 212 g/mol. The van der Waals surface area contributed by atoms with Gasteiger partial charge in [0.15, 0.2) is 0 Å². The average molecular weight is 212 g/mol. The number of rotatable bonds is 6. The molecule has 1 heterocycles. The van der Waals surface area contributed by atoms with Gasteiger partial charge < -0.3 is 10.1 Å². The molecule has 0 amide bonds. The summed E-state index contributed by atoms with van der Waals surface area (Å²) in [5.41, 5.74) is 0.958. The highest BCUT2D eigenvalue weighted by Crippen LogP contribution is 2.15. The molecule has 15 heavy (non-hydrogen) atoms. The minimum Gasteiger partial charge on any atom is -0.475 e. The number of halogens is 1. The van der Waals surface area contributed by atoms with Gasteiger partial charge in [0.25, 0.3) is 0 Å². The Hall–Kier alpha value is -1.16. The first-order valence-electron chi connectivity index (χ1n) is 5.11. The molecule has 0 aliphatic heterocycles. The van der Waals surface area contributed by atoms with E-state index in [1.54, 1.807) is 6.20 Å². The molecule has 0 spiro atoms. The number of ether oxygens (including phenoxy) is 1. The molecule has 0 aliphatic carbocycles. The summed E-state index contributed by atoms with van der Waals surface area (Å²) in [5, 5.41) is 2.97. The largest absolute Gasteiger partial charge is 0.475 e. The second kappa shape index (κ2) is 6.35. The highest BCUT2D eigenvalue weighted by atomic mass is 19.1. The van der Waals surface area contributed by atoms with Gasteiger partial charge in [-0.15, -0.1) is 0 Å². The molecule has 84 valence electrons. The maximum Gasteiger partial charge on any atom is 0.218 e. The Morgan fingerprint density at radius 2 is 2.33 bits per heavy atom. The fourth-order valence-corrected chi connectivity index (χ4v) is 1.18. The van der Waals surface area contributed by atoms with Gasteiger partial charge in [-0.3, -0.25) is 0 Å². The van der Waals surface area contributed by atoms with E-state index in [-0.39, 0.29) is 12.8 Å². The van der Waals surface area contributed by atoms with Crippen molar-refractivity contribution in [1.82, 2.24) is 10.3 Å². The second-order valence-electron chi connectivity index (χ2n) is 3.50. The Balaban J connectivity index is 2.60. The van der Waals surface area contributed by atoms with Crippen LogP contribution in [-0.2, 0) is 6.54 Å². The molecular weight excluding hydrogens is 195 g/mol. The number of nitrogens with one attached hydrogen (secondary N) is 1. The molecule has 1 aromatic heterocycles. The predicted octanol–water partition coefficient (Wildman–Crippen LogP) is 1.93. The van der Waals surface area contributed by atoms with E-state index in [4.69, 9.17) is 4.74 Å². The summed E-state index contributed by atoms with van der Waals surface area (Å²) in [6.45, 7) is 4.48. The molecule has 0 aromatic carbocycles. The van der Waals surface area contributed by atoms with E-state index in [0.29, 0.717) is 19.0 Å². The van der Waals surface area contributed by atoms with Crippen molar-refractivity contribution < 1.29 is 9.13 Å². The van der Waals surface area contributed by atoms with Crippen LogP contribution in [0.25, 0.3) is 0 Å². The van der Waals surface area contributed by atoms with Crippen LogP contribution in [0.2, 0.25) is 0 Å². The van der Waals surface area contributed by atoms with Crippen molar-refractivity contribution in [2.45, 2.75) is 26.5 Å². The molecule has 0 saturated heterocycles. The first-order chi connectivity index (χ1) is 7.24.